The summed E-state index contributed by atoms with van der Waals surface area (Å²) in [6, 6.07) is 7.13. The molecule has 1 aliphatic rings. The van der Waals surface area contributed by atoms with E-state index >= 15 is 0 Å². The number of hydrogen-bond donors (Lipinski definition) is 0. The monoisotopic (exact) mass is 245 g/mol. The van der Waals surface area contributed by atoms with E-state index in [4.69, 9.17) is 5.26 Å². The predicted octanol–water partition coefficient (Wildman–Crippen LogP) is 4.77. The summed E-state index contributed by atoms with van der Waals surface area (Å²) in [5.74, 6) is 0.846. The molecule has 0 spiro atoms. The summed E-state index contributed by atoms with van der Waals surface area (Å²) < 4.78 is 14.1. The summed E-state index contributed by atoms with van der Waals surface area (Å²) in [6.07, 6.45) is 7.08. The maximum atomic E-state index is 14.1. The molecule has 96 valence electrons. The largest absolute Gasteiger partial charge is 0.205 e. The molecular weight excluding hydrogens is 225 g/mol. The summed E-state index contributed by atoms with van der Waals surface area (Å²) in [5.41, 5.74) is 0.937. The molecule has 1 fully saturated rings. The van der Waals surface area contributed by atoms with Crippen LogP contribution < -0.4 is 0 Å². The minimum absolute atomic E-state index is 0.184. The van der Waals surface area contributed by atoms with Crippen molar-refractivity contribution in [3.05, 3.63) is 35.1 Å². The zero-order valence-electron chi connectivity index (χ0n) is 11.0. The molecule has 0 radical (unpaired) electrons. The van der Waals surface area contributed by atoms with Crippen molar-refractivity contribution in [1.82, 2.24) is 0 Å². The van der Waals surface area contributed by atoms with Crippen LogP contribution >= 0.6 is 0 Å². The fraction of sp³-hybridized carbons (Fsp3) is 0.562. The zero-order valence-corrected chi connectivity index (χ0v) is 11.0. The van der Waals surface area contributed by atoms with Crippen molar-refractivity contribution in [2.75, 3.05) is 0 Å². The molecule has 0 heterocycles. The Kier molecular flexibility index (Phi) is 4.36. The van der Waals surface area contributed by atoms with Crippen LogP contribution in [0.2, 0.25) is 0 Å². The maximum Gasteiger partial charge on any atom is 0.144 e. The lowest BCUT2D eigenvalue weighted by Crippen LogP contribution is -2.14. The summed E-state index contributed by atoms with van der Waals surface area (Å²) in [7, 11) is 0. The van der Waals surface area contributed by atoms with Gasteiger partial charge in [-0.05, 0) is 49.1 Å². The van der Waals surface area contributed by atoms with Crippen LogP contribution in [-0.4, -0.2) is 0 Å². The molecule has 0 N–H and O–H groups in total. The van der Waals surface area contributed by atoms with E-state index in [9.17, 15) is 4.39 Å². The van der Waals surface area contributed by atoms with E-state index in [1.54, 1.807) is 12.1 Å². The molecule has 0 saturated heterocycles. The van der Waals surface area contributed by atoms with Crippen molar-refractivity contribution in [3.63, 3.8) is 0 Å². The highest BCUT2D eigenvalue weighted by Gasteiger charge is 2.24. The Balaban J connectivity index is 2.08. The molecule has 1 aromatic carbocycles. The lowest BCUT2D eigenvalue weighted by molar-refractivity contribution is 0.304. The van der Waals surface area contributed by atoms with E-state index in [-0.39, 0.29) is 11.4 Å². The minimum Gasteiger partial charge on any atom is -0.205 e. The molecule has 1 aliphatic carbocycles. The number of nitriles is 1. The number of halogens is 1. The molecule has 1 aromatic rings. The second kappa shape index (κ2) is 6.00. The van der Waals surface area contributed by atoms with Crippen LogP contribution in [0.1, 0.15) is 62.5 Å². The van der Waals surface area contributed by atoms with Gasteiger partial charge in [-0.25, -0.2) is 4.39 Å². The van der Waals surface area contributed by atoms with Gasteiger partial charge in [0.2, 0.25) is 0 Å². The SMILES string of the molecule is CCCC1CCC(c2cccc(C#N)c2F)CC1. The third kappa shape index (κ3) is 2.72. The van der Waals surface area contributed by atoms with E-state index in [1.165, 1.54) is 25.7 Å². The normalized spacial score (nSPS) is 23.6. The molecule has 0 bridgehead atoms. The highest BCUT2D eigenvalue weighted by Crippen LogP contribution is 2.38. The van der Waals surface area contributed by atoms with Crippen LogP contribution in [0, 0.1) is 23.1 Å². The molecule has 0 atom stereocenters. The molecule has 0 amide bonds. The molecule has 1 nitrogen and oxygen atoms in total. The fourth-order valence-corrected chi connectivity index (χ4v) is 3.12. The van der Waals surface area contributed by atoms with Gasteiger partial charge < -0.3 is 0 Å². The molecule has 2 heteroatoms. The Labute approximate surface area is 109 Å². The molecule has 0 unspecified atom stereocenters. The van der Waals surface area contributed by atoms with Gasteiger partial charge in [0, 0.05) is 0 Å². The van der Waals surface area contributed by atoms with Crippen molar-refractivity contribution < 1.29 is 4.39 Å². The third-order valence-electron chi connectivity index (χ3n) is 4.13. The van der Waals surface area contributed by atoms with Crippen molar-refractivity contribution >= 4 is 0 Å². The van der Waals surface area contributed by atoms with E-state index in [0.717, 1.165) is 24.3 Å². The summed E-state index contributed by atoms with van der Waals surface area (Å²) in [4.78, 5) is 0. The van der Waals surface area contributed by atoms with Gasteiger partial charge in [-0.1, -0.05) is 31.9 Å². The van der Waals surface area contributed by atoms with Crippen molar-refractivity contribution in [3.8, 4) is 6.07 Å². The first-order valence-corrected chi connectivity index (χ1v) is 6.94. The van der Waals surface area contributed by atoms with Gasteiger partial charge in [0.25, 0.3) is 0 Å². The summed E-state index contributed by atoms with van der Waals surface area (Å²) in [5, 5.41) is 8.86. The zero-order chi connectivity index (χ0) is 13.0. The highest BCUT2D eigenvalue weighted by molar-refractivity contribution is 5.36. The summed E-state index contributed by atoms with van der Waals surface area (Å²) >= 11 is 0. The van der Waals surface area contributed by atoms with Gasteiger partial charge in [0.1, 0.15) is 11.9 Å². The first-order chi connectivity index (χ1) is 8.76. The number of nitrogens with zero attached hydrogens (tertiary/aromatic N) is 1. The maximum absolute atomic E-state index is 14.1. The molecule has 2 rings (SSSR count). The van der Waals surface area contributed by atoms with Crippen LogP contribution in [0.3, 0.4) is 0 Å². The quantitative estimate of drug-likeness (QED) is 0.752. The van der Waals surface area contributed by atoms with Gasteiger partial charge in [-0.15, -0.1) is 0 Å². The van der Waals surface area contributed by atoms with Crippen LogP contribution in [0.5, 0.6) is 0 Å². The molecule has 0 aromatic heterocycles. The van der Waals surface area contributed by atoms with Crippen molar-refractivity contribution in [2.24, 2.45) is 5.92 Å². The Hall–Kier alpha value is -1.36. The Morgan fingerprint density at radius 1 is 1.28 bits per heavy atom. The van der Waals surface area contributed by atoms with Gasteiger partial charge >= 0.3 is 0 Å². The van der Waals surface area contributed by atoms with Gasteiger partial charge in [-0.2, -0.15) is 5.26 Å². The van der Waals surface area contributed by atoms with Gasteiger partial charge in [0.15, 0.2) is 0 Å². The second-order valence-electron chi connectivity index (χ2n) is 5.33. The van der Waals surface area contributed by atoms with E-state index < -0.39 is 0 Å². The molecule has 1 saturated carbocycles. The lowest BCUT2D eigenvalue weighted by atomic mass is 9.77. The van der Waals surface area contributed by atoms with Crippen molar-refractivity contribution in [1.29, 1.82) is 5.26 Å². The lowest BCUT2D eigenvalue weighted by Gasteiger charge is -2.28. The topological polar surface area (TPSA) is 23.8 Å². The van der Waals surface area contributed by atoms with Crippen LogP contribution in [0.4, 0.5) is 4.39 Å². The average molecular weight is 245 g/mol. The number of benzene rings is 1. The Morgan fingerprint density at radius 2 is 2.00 bits per heavy atom. The van der Waals surface area contributed by atoms with E-state index in [1.807, 2.05) is 12.1 Å². The molecule has 0 aliphatic heterocycles. The van der Waals surface area contributed by atoms with Gasteiger partial charge in [-0.3, -0.25) is 0 Å². The first kappa shape index (κ1) is 13.1. The average Bonchev–Trinajstić information content (AvgIpc) is 2.41. The van der Waals surface area contributed by atoms with E-state index in [2.05, 4.69) is 6.92 Å². The summed E-state index contributed by atoms with van der Waals surface area (Å²) in [6.45, 7) is 2.22. The fourth-order valence-electron chi connectivity index (χ4n) is 3.12. The van der Waals surface area contributed by atoms with Crippen LogP contribution in [0.25, 0.3) is 0 Å². The van der Waals surface area contributed by atoms with Crippen LogP contribution in [-0.2, 0) is 0 Å². The van der Waals surface area contributed by atoms with Crippen LogP contribution in [0.15, 0.2) is 18.2 Å². The van der Waals surface area contributed by atoms with E-state index in [0.29, 0.717) is 5.92 Å². The van der Waals surface area contributed by atoms with Crippen molar-refractivity contribution in [2.45, 2.75) is 51.4 Å². The Morgan fingerprint density at radius 3 is 2.61 bits per heavy atom. The molecule has 18 heavy (non-hydrogen) atoms. The second-order valence-corrected chi connectivity index (χ2v) is 5.33. The standard InChI is InChI=1S/C16H20FN/c1-2-4-12-7-9-13(10-8-12)15-6-3-5-14(11-18)16(15)17/h3,5-6,12-13H,2,4,7-10H2,1H3. The minimum atomic E-state index is -0.293. The number of hydrogen-bond acceptors (Lipinski definition) is 1. The molecular formula is C16H20FN. The first-order valence-electron chi connectivity index (χ1n) is 6.94. The van der Waals surface area contributed by atoms with Gasteiger partial charge in [0.05, 0.1) is 5.56 Å². The smallest absolute Gasteiger partial charge is 0.144 e. The Bertz CT molecular complexity index is 439. The highest BCUT2D eigenvalue weighted by atomic mass is 19.1. The third-order valence-corrected chi connectivity index (χ3v) is 4.13. The predicted molar refractivity (Wildman–Crippen MR) is 70.7 cm³/mol. The number of rotatable bonds is 3.